The Morgan fingerprint density at radius 2 is 2.18 bits per heavy atom. The highest BCUT2D eigenvalue weighted by atomic mass is 16.6. The Hall–Kier alpha value is -1.49. The topological polar surface area (TPSA) is 59.3 Å². The van der Waals surface area contributed by atoms with Crippen molar-refractivity contribution < 1.29 is 4.92 Å². The van der Waals surface area contributed by atoms with Gasteiger partial charge in [0.15, 0.2) is 0 Å². The maximum atomic E-state index is 10.9. The van der Waals surface area contributed by atoms with Crippen LogP contribution in [0.3, 0.4) is 0 Å². The Kier molecular flexibility index (Phi) is 3.38. The van der Waals surface area contributed by atoms with Crippen molar-refractivity contribution in [2.75, 3.05) is 19.6 Å². The summed E-state index contributed by atoms with van der Waals surface area (Å²) < 4.78 is 0. The minimum Gasteiger partial charge on any atom is -0.303 e. The smallest absolute Gasteiger partial charge is 0.290 e. The van der Waals surface area contributed by atoms with Crippen LogP contribution in [-0.2, 0) is 12.8 Å². The second kappa shape index (κ2) is 4.79. The molecule has 0 bridgehead atoms. The summed E-state index contributed by atoms with van der Waals surface area (Å²) in [6.07, 6.45) is 1.75. The van der Waals surface area contributed by atoms with Crippen molar-refractivity contribution in [3.63, 3.8) is 0 Å². The summed E-state index contributed by atoms with van der Waals surface area (Å²) in [5.74, 6) is 0. The number of nitrogens with zero attached hydrogens (tertiary/aromatic N) is 3. The average molecular weight is 235 g/mol. The molecule has 0 radical (unpaired) electrons. The van der Waals surface area contributed by atoms with Crippen LogP contribution in [0, 0.1) is 17.0 Å². The lowest BCUT2D eigenvalue weighted by atomic mass is 10.1. The molecular weight excluding hydrogens is 218 g/mol. The maximum absolute atomic E-state index is 10.9. The van der Waals surface area contributed by atoms with Crippen LogP contribution in [0.2, 0.25) is 0 Å². The van der Waals surface area contributed by atoms with Crippen LogP contribution in [0.4, 0.5) is 5.69 Å². The van der Waals surface area contributed by atoms with Crippen molar-refractivity contribution in [3.8, 4) is 0 Å². The number of nitro groups is 1. The molecule has 1 aromatic heterocycles. The van der Waals surface area contributed by atoms with Crippen molar-refractivity contribution in [3.05, 3.63) is 33.1 Å². The number of rotatable bonds is 2. The van der Waals surface area contributed by atoms with Crippen LogP contribution in [0.1, 0.15) is 23.9 Å². The van der Waals surface area contributed by atoms with Gasteiger partial charge in [-0.3, -0.25) is 15.1 Å². The normalized spacial score (nSPS) is 16.4. The molecule has 92 valence electrons. The molecule has 0 atom stereocenters. The number of fused-ring (bicyclic) bond motifs is 1. The minimum atomic E-state index is -0.342. The number of hydrogen-bond acceptors (Lipinski definition) is 4. The highest BCUT2D eigenvalue weighted by molar-refractivity contribution is 5.41. The molecule has 0 spiro atoms. The predicted molar refractivity (Wildman–Crippen MR) is 65.2 cm³/mol. The summed E-state index contributed by atoms with van der Waals surface area (Å²) in [6.45, 7) is 6.83. The van der Waals surface area contributed by atoms with Gasteiger partial charge in [0.2, 0.25) is 0 Å². The molecule has 0 aromatic carbocycles. The Balaban J connectivity index is 2.34. The van der Waals surface area contributed by atoms with Gasteiger partial charge in [0.25, 0.3) is 5.69 Å². The third-order valence-corrected chi connectivity index (χ3v) is 3.36. The zero-order valence-corrected chi connectivity index (χ0v) is 10.3. The molecule has 0 aliphatic carbocycles. The van der Waals surface area contributed by atoms with Crippen LogP contribution in [0.15, 0.2) is 6.07 Å². The van der Waals surface area contributed by atoms with E-state index in [2.05, 4.69) is 16.8 Å². The summed E-state index contributed by atoms with van der Waals surface area (Å²) in [5, 5.41) is 10.9. The molecule has 0 saturated heterocycles. The summed E-state index contributed by atoms with van der Waals surface area (Å²) in [5.41, 5.74) is 2.75. The molecule has 0 fully saturated rings. The fourth-order valence-electron chi connectivity index (χ4n) is 2.27. The number of pyridine rings is 1. The SMILES string of the molecule is CCN1CCc2cc([N+](=O)[O-])c(C)nc2CC1. The van der Waals surface area contributed by atoms with Gasteiger partial charge in [-0.1, -0.05) is 6.92 Å². The van der Waals surface area contributed by atoms with E-state index in [4.69, 9.17) is 0 Å². The van der Waals surface area contributed by atoms with Gasteiger partial charge in [0.1, 0.15) is 5.69 Å². The lowest BCUT2D eigenvalue weighted by Gasteiger charge is -2.15. The molecule has 1 aliphatic rings. The van der Waals surface area contributed by atoms with Gasteiger partial charge >= 0.3 is 0 Å². The Bertz CT molecular complexity index is 446. The van der Waals surface area contributed by atoms with E-state index in [9.17, 15) is 10.1 Å². The fourth-order valence-corrected chi connectivity index (χ4v) is 2.27. The van der Waals surface area contributed by atoms with Gasteiger partial charge in [-0.15, -0.1) is 0 Å². The van der Waals surface area contributed by atoms with E-state index in [0.717, 1.165) is 43.7 Å². The van der Waals surface area contributed by atoms with Gasteiger partial charge in [-0.2, -0.15) is 0 Å². The number of likely N-dealkylation sites (N-methyl/N-ethyl adjacent to an activating group) is 1. The predicted octanol–water partition coefficient (Wildman–Crippen LogP) is 1.72. The van der Waals surface area contributed by atoms with Crippen molar-refractivity contribution in [2.45, 2.75) is 26.7 Å². The maximum Gasteiger partial charge on any atom is 0.290 e. The molecule has 17 heavy (non-hydrogen) atoms. The monoisotopic (exact) mass is 235 g/mol. The van der Waals surface area contributed by atoms with Crippen molar-refractivity contribution in [2.24, 2.45) is 0 Å². The van der Waals surface area contributed by atoms with E-state index in [-0.39, 0.29) is 10.6 Å². The van der Waals surface area contributed by atoms with Gasteiger partial charge in [0.05, 0.1) is 4.92 Å². The Morgan fingerprint density at radius 1 is 1.47 bits per heavy atom. The molecule has 2 rings (SSSR count). The second-order valence-electron chi connectivity index (χ2n) is 4.39. The molecule has 1 aliphatic heterocycles. The molecular formula is C12H17N3O2. The molecule has 1 aromatic rings. The lowest BCUT2D eigenvalue weighted by Crippen LogP contribution is -2.25. The third-order valence-electron chi connectivity index (χ3n) is 3.36. The zero-order chi connectivity index (χ0) is 12.4. The van der Waals surface area contributed by atoms with Crippen molar-refractivity contribution >= 4 is 5.69 Å². The third kappa shape index (κ3) is 2.44. The highest BCUT2D eigenvalue weighted by Crippen LogP contribution is 2.22. The molecule has 5 heteroatoms. The van der Waals surface area contributed by atoms with E-state index in [1.54, 1.807) is 13.0 Å². The molecule has 5 nitrogen and oxygen atoms in total. The van der Waals surface area contributed by atoms with Crippen LogP contribution in [0.5, 0.6) is 0 Å². The first-order valence-corrected chi connectivity index (χ1v) is 5.98. The summed E-state index contributed by atoms with van der Waals surface area (Å²) in [6, 6.07) is 1.71. The highest BCUT2D eigenvalue weighted by Gasteiger charge is 2.19. The standard InChI is InChI=1S/C12H17N3O2/c1-3-14-6-4-10-8-12(15(16)17)9(2)13-11(10)5-7-14/h8H,3-7H2,1-2H3. The van der Waals surface area contributed by atoms with Crippen molar-refractivity contribution in [1.82, 2.24) is 9.88 Å². The Morgan fingerprint density at radius 3 is 2.82 bits per heavy atom. The molecule has 0 unspecified atom stereocenters. The Labute approximate surface area is 101 Å². The fraction of sp³-hybridized carbons (Fsp3) is 0.583. The average Bonchev–Trinajstić information content (AvgIpc) is 2.49. The first-order valence-electron chi connectivity index (χ1n) is 5.98. The van der Waals surface area contributed by atoms with Crippen molar-refractivity contribution in [1.29, 1.82) is 0 Å². The number of aryl methyl sites for hydroxylation is 1. The van der Waals surface area contributed by atoms with Gasteiger partial charge in [0, 0.05) is 31.3 Å². The first-order chi connectivity index (χ1) is 8.11. The van der Waals surface area contributed by atoms with Crippen LogP contribution < -0.4 is 0 Å². The quantitative estimate of drug-likeness (QED) is 0.578. The van der Waals surface area contributed by atoms with E-state index in [1.807, 2.05) is 0 Å². The molecule has 0 amide bonds. The van der Waals surface area contributed by atoms with Crippen LogP contribution >= 0.6 is 0 Å². The van der Waals surface area contributed by atoms with Crippen LogP contribution in [0.25, 0.3) is 0 Å². The van der Waals surface area contributed by atoms with Gasteiger partial charge in [-0.05, 0) is 25.5 Å². The number of hydrogen-bond donors (Lipinski definition) is 0. The van der Waals surface area contributed by atoms with Gasteiger partial charge in [-0.25, -0.2) is 0 Å². The number of aromatic nitrogens is 1. The first kappa shape index (κ1) is 12.0. The summed E-state index contributed by atoms with van der Waals surface area (Å²) >= 11 is 0. The van der Waals surface area contributed by atoms with Gasteiger partial charge < -0.3 is 4.90 Å². The molecule has 0 saturated carbocycles. The minimum absolute atomic E-state index is 0.147. The van der Waals surface area contributed by atoms with E-state index in [0.29, 0.717) is 5.69 Å². The van der Waals surface area contributed by atoms with E-state index in [1.165, 1.54) is 0 Å². The summed E-state index contributed by atoms with van der Waals surface area (Å²) in [7, 11) is 0. The largest absolute Gasteiger partial charge is 0.303 e. The molecule has 0 N–H and O–H groups in total. The zero-order valence-electron chi connectivity index (χ0n) is 10.3. The summed E-state index contributed by atoms with van der Waals surface area (Å²) in [4.78, 5) is 17.3. The van der Waals surface area contributed by atoms with E-state index >= 15 is 0 Å². The molecule has 2 heterocycles. The lowest BCUT2D eigenvalue weighted by molar-refractivity contribution is -0.385. The second-order valence-corrected chi connectivity index (χ2v) is 4.39. The van der Waals surface area contributed by atoms with Crippen LogP contribution in [-0.4, -0.2) is 34.4 Å². The van der Waals surface area contributed by atoms with E-state index < -0.39 is 0 Å².